The molecule has 0 aliphatic carbocycles. The number of rotatable bonds is 3. The molecule has 1 heterocycles. The van der Waals surface area contributed by atoms with Gasteiger partial charge >= 0.3 is 0 Å². The van der Waals surface area contributed by atoms with Crippen LogP contribution in [0.1, 0.15) is 23.0 Å². The van der Waals surface area contributed by atoms with Gasteiger partial charge in [-0.25, -0.2) is 4.68 Å². The van der Waals surface area contributed by atoms with Crippen molar-refractivity contribution in [2.24, 2.45) is 0 Å². The SMILES string of the molecule is CC(=O)c1nn(-c2ccc(C)cc2)c(-c2ccccc2)c1O. The molecule has 4 heteroatoms. The summed E-state index contributed by atoms with van der Waals surface area (Å²) in [5.41, 5.74) is 3.34. The minimum Gasteiger partial charge on any atom is -0.504 e. The molecule has 1 N–H and O–H groups in total. The van der Waals surface area contributed by atoms with Crippen LogP contribution in [0.4, 0.5) is 0 Å². The second-order valence-electron chi connectivity index (χ2n) is 5.22. The zero-order valence-corrected chi connectivity index (χ0v) is 12.4. The van der Waals surface area contributed by atoms with E-state index in [-0.39, 0.29) is 17.2 Å². The lowest BCUT2D eigenvalue weighted by atomic mass is 10.1. The fraction of sp³-hybridized carbons (Fsp3) is 0.111. The van der Waals surface area contributed by atoms with Crippen molar-refractivity contribution in [3.8, 4) is 22.7 Å². The van der Waals surface area contributed by atoms with Gasteiger partial charge in [-0.15, -0.1) is 0 Å². The Morgan fingerprint density at radius 1 is 1.05 bits per heavy atom. The van der Waals surface area contributed by atoms with E-state index in [2.05, 4.69) is 5.10 Å². The molecular formula is C18H16N2O2. The molecule has 0 aliphatic rings. The van der Waals surface area contributed by atoms with E-state index in [9.17, 15) is 9.90 Å². The summed E-state index contributed by atoms with van der Waals surface area (Å²) < 4.78 is 1.61. The van der Waals surface area contributed by atoms with E-state index >= 15 is 0 Å². The van der Waals surface area contributed by atoms with Gasteiger partial charge in [0.15, 0.2) is 17.2 Å². The predicted octanol–water partition coefficient (Wildman–Crippen LogP) is 3.76. The van der Waals surface area contributed by atoms with Crippen LogP contribution in [-0.2, 0) is 0 Å². The van der Waals surface area contributed by atoms with Crippen molar-refractivity contribution >= 4 is 5.78 Å². The number of ketones is 1. The average molecular weight is 292 g/mol. The summed E-state index contributed by atoms with van der Waals surface area (Å²) in [6.07, 6.45) is 0. The molecule has 110 valence electrons. The molecule has 0 aliphatic heterocycles. The van der Waals surface area contributed by atoms with Crippen molar-refractivity contribution in [2.45, 2.75) is 13.8 Å². The number of hydrogen-bond donors (Lipinski definition) is 1. The molecule has 0 amide bonds. The summed E-state index contributed by atoms with van der Waals surface area (Å²) in [7, 11) is 0. The van der Waals surface area contributed by atoms with Crippen LogP contribution in [0.5, 0.6) is 5.75 Å². The molecule has 22 heavy (non-hydrogen) atoms. The van der Waals surface area contributed by atoms with E-state index in [1.54, 1.807) is 4.68 Å². The highest BCUT2D eigenvalue weighted by atomic mass is 16.3. The van der Waals surface area contributed by atoms with Crippen LogP contribution in [-0.4, -0.2) is 20.7 Å². The smallest absolute Gasteiger partial charge is 0.183 e. The number of carbonyl (C=O) groups is 1. The number of aryl methyl sites for hydroxylation is 1. The van der Waals surface area contributed by atoms with Crippen LogP contribution in [0.25, 0.3) is 16.9 Å². The molecule has 0 atom stereocenters. The molecular weight excluding hydrogens is 276 g/mol. The summed E-state index contributed by atoms with van der Waals surface area (Å²) in [4.78, 5) is 11.7. The van der Waals surface area contributed by atoms with Gasteiger partial charge in [0, 0.05) is 12.5 Å². The van der Waals surface area contributed by atoms with Gasteiger partial charge in [-0.1, -0.05) is 48.0 Å². The molecule has 3 aromatic rings. The number of hydrogen-bond acceptors (Lipinski definition) is 3. The predicted molar refractivity (Wildman–Crippen MR) is 85.4 cm³/mol. The van der Waals surface area contributed by atoms with Gasteiger partial charge in [0.1, 0.15) is 5.69 Å². The second kappa shape index (κ2) is 5.48. The van der Waals surface area contributed by atoms with Crippen molar-refractivity contribution in [1.29, 1.82) is 0 Å². The fourth-order valence-corrected chi connectivity index (χ4v) is 2.37. The highest BCUT2D eigenvalue weighted by Crippen LogP contribution is 2.34. The monoisotopic (exact) mass is 292 g/mol. The van der Waals surface area contributed by atoms with Crippen molar-refractivity contribution in [1.82, 2.24) is 9.78 Å². The van der Waals surface area contributed by atoms with Gasteiger partial charge in [0.25, 0.3) is 0 Å². The first kappa shape index (κ1) is 14.1. The van der Waals surface area contributed by atoms with E-state index < -0.39 is 0 Å². The zero-order valence-electron chi connectivity index (χ0n) is 12.4. The quantitative estimate of drug-likeness (QED) is 0.748. The third-order valence-corrected chi connectivity index (χ3v) is 3.52. The Bertz CT molecular complexity index is 818. The number of aromatic nitrogens is 2. The number of carbonyl (C=O) groups excluding carboxylic acids is 1. The standard InChI is InChI=1S/C18H16N2O2/c1-12-8-10-15(11-9-12)20-17(14-6-4-3-5-7-14)18(22)16(19-20)13(2)21/h3-11,22H,1-2H3. The van der Waals surface area contributed by atoms with Crippen LogP contribution in [0.2, 0.25) is 0 Å². The number of Topliss-reactive ketones (excluding diaryl/α,β-unsaturated/α-hetero) is 1. The maximum atomic E-state index is 11.7. The van der Waals surface area contributed by atoms with Gasteiger partial charge in [-0.05, 0) is 19.1 Å². The Morgan fingerprint density at radius 2 is 1.68 bits per heavy atom. The summed E-state index contributed by atoms with van der Waals surface area (Å²) in [5, 5.41) is 14.7. The third-order valence-electron chi connectivity index (χ3n) is 3.52. The lowest BCUT2D eigenvalue weighted by Gasteiger charge is -2.08. The highest BCUT2D eigenvalue weighted by Gasteiger charge is 2.22. The summed E-state index contributed by atoms with van der Waals surface area (Å²) in [6, 6.07) is 17.2. The van der Waals surface area contributed by atoms with E-state index in [4.69, 9.17) is 0 Å². The fourth-order valence-electron chi connectivity index (χ4n) is 2.37. The van der Waals surface area contributed by atoms with E-state index in [1.807, 2.05) is 61.5 Å². The van der Waals surface area contributed by atoms with Gasteiger partial charge in [-0.3, -0.25) is 4.79 Å². The summed E-state index contributed by atoms with van der Waals surface area (Å²) in [6.45, 7) is 3.40. The molecule has 0 unspecified atom stereocenters. The lowest BCUT2D eigenvalue weighted by molar-refractivity contribution is 0.101. The molecule has 0 radical (unpaired) electrons. The summed E-state index contributed by atoms with van der Waals surface area (Å²) in [5.74, 6) is -0.347. The van der Waals surface area contributed by atoms with Gasteiger partial charge in [-0.2, -0.15) is 5.10 Å². The van der Waals surface area contributed by atoms with E-state index in [0.29, 0.717) is 5.69 Å². The van der Waals surface area contributed by atoms with Crippen molar-refractivity contribution < 1.29 is 9.90 Å². The maximum Gasteiger partial charge on any atom is 0.183 e. The van der Waals surface area contributed by atoms with Crippen LogP contribution < -0.4 is 0 Å². The number of aromatic hydroxyl groups is 1. The third kappa shape index (κ3) is 2.39. The van der Waals surface area contributed by atoms with Crippen molar-refractivity contribution in [2.75, 3.05) is 0 Å². The zero-order chi connectivity index (χ0) is 15.7. The first-order valence-electron chi connectivity index (χ1n) is 7.03. The second-order valence-corrected chi connectivity index (χ2v) is 5.22. The molecule has 0 spiro atoms. The average Bonchev–Trinajstić information content (AvgIpc) is 2.86. The Hall–Kier alpha value is -2.88. The minimum absolute atomic E-state index is 0.0828. The lowest BCUT2D eigenvalue weighted by Crippen LogP contribution is -2.01. The largest absolute Gasteiger partial charge is 0.504 e. The Balaban J connectivity index is 2.27. The minimum atomic E-state index is -0.263. The van der Waals surface area contributed by atoms with Gasteiger partial charge in [0.2, 0.25) is 0 Å². The van der Waals surface area contributed by atoms with E-state index in [1.165, 1.54) is 6.92 Å². The topological polar surface area (TPSA) is 55.1 Å². The van der Waals surface area contributed by atoms with Gasteiger partial charge < -0.3 is 5.11 Å². The van der Waals surface area contributed by atoms with Crippen LogP contribution in [0.3, 0.4) is 0 Å². The molecule has 4 nitrogen and oxygen atoms in total. The van der Waals surface area contributed by atoms with Crippen LogP contribution >= 0.6 is 0 Å². The van der Waals surface area contributed by atoms with E-state index in [0.717, 1.165) is 16.8 Å². The van der Waals surface area contributed by atoms with Crippen LogP contribution in [0, 0.1) is 6.92 Å². The molecule has 0 bridgehead atoms. The molecule has 0 saturated carbocycles. The maximum absolute atomic E-state index is 11.7. The number of nitrogens with zero attached hydrogens (tertiary/aromatic N) is 2. The van der Waals surface area contributed by atoms with Gasteiger partial charge in [0.05, 0.1) is 5.69 Å². The first-order chi connectivity index (χ1) is 10.6. The molecule has 2 aromatic carbocycles. The Labute approximate surface area is 128 Å². The Morgan fingerprint density at radius 3 is 2.27 bits per heavy atom. The Kier molecular flexibility index (Phi) is 3.51. The normalized spacial score (nSPS) is 10.6. The number of benzene rings is 2. The molecule has 1 aromatic heterocycles. The molecule has 0 fully saturated rings. The summed E-state index contributed by atoms with van der Waals surface area (Å²) >= 11 is 0. The van der Waals surface area contributed by atoms with Crippen molar-refractivity contribution in [3.05, 3.63) is 65.9 Å². The molecule has 3 rings (SSSR count). The highest BCUT2D eigenvalue weighted by molar-refractivity contribution is 5.97. The van der Waals surface area contributed by atoms with Crippen LogP contribution in [0.15, 0.2) is 54.6 Å². The van der Waals surface area contributed by atoms with Crippen molar-refractivity contribution in [3.63, 3.8) is 0 Å². The molecule has 0 saturated heterocycles. The first-order valence-corrected chi connectivity index (χ1v) is 7.03.